The minimum atomic E-state index is -0.734. The Balaban J connectivity index is 2.28. The zero-order valence-corrected chi connectivity index (χ0v) is 14.3. The van der Waals surface area contributed by atoms with Gasteiger partial charge in [0.05, 0.1) is 12.3 Å². The van der Waals surface area contributed by atoms with Crippen molar-refractivity contribution in [3.63, 3.8) is 0 Å². The highest BCUT2D eigenvalue weighted by atomic mass is 79.9. The lowest BCUT2D eigenvalue weighted by Gasteiger charge is -2.14. The van der Waals surface area contributed by atoms with Crippen LogP contribution in [0, 0.1) is 0 Å². The molecule has 1 unspecified atom stereocenters. The van der Waals surface area contributed by atoms with E-state index in [0.29, 0.717) is 11.3 Å². The van der Waals surface area contributed by atoms with Gasteiger partial charge in [0.2, 0.25) is 0 Å². The van der Waals surface area contributed by atoms with Crippen molar-refractivity contribution >= 4 is 31.9 Å². The molecule has 0 saturated heterocycles. The number of pyridine rings is 1. The maximum Gasteiger partial charge on any atom is 0.138 e. The van der Waals surface area contributed by atoms with E-state index in [0.717, 1.165) is 14.5 Å². The molecule has 0 aliphatic heterocycles. The first-order valence-electron chi connectivity index (χ1n) is 6.22. The first-order chi connectivity index (χ1) is 9.47. The summed E-state index contributed by atoms with van der Waals surface area (Å²) >= 11 is 6.85. The van der Waals surface area contributed by atoms with Gasteiger partial charge in [-0.15, -0.1) is 0 Å². The summed E-state index contributed by atoms with van der Waals surface area (Å²) in [5.41, 5.74) is 1.50. The van der Waals surface area contributed by atoms with Crippen molar-refractivity contribution in [1.29, 1.82) is 0 Å². The zero-order valence-electron chi connectivity index (χ0n) is 11.2. The minimum Gasteiger partial charge on any atom is -0.489 e. The van der Waals surface area contributed by atoms with Crippen LogP contribution < -0.4 is 4.74 Å². The lowest BCUT2D eigenvalue weighted by Crippen LogP contribution is -2.07. The molecule has 0 aliphatic rings. The predicted octanol–water partition coefficient (Wildman–Crippen LogP) is 4.48. The van der Waals surface area contributed by atoms with E-state index in [4.69, 9.17) is 4.74 Å². The Kier molecular flexibility index (Phi) is 5.18. The van der Waals surface area contributed by atoms with E-state index < -0.39 is 6.10 Å². The summed E-state index contributed by atoms with van der Waals surface area (Å²) in [4.78, 5) is 4.12. The molecule has 5 heteroatoms. The number of aliphatic hydroxyl groups is 1. The average Bonchev–Trinajstić information content (AvgIpc) is 2.40. The molecule has 0 fully saturated rings. The third-order valence-corrected chi connectivity index (χ3v) is 4.56. The summed E-state index contributed by atoms with van der Waals surface area (Å²) in [5.74, 6) is 0.660. The fraction of sp³-hybridized carbons (Fsp3) is 0.267. The number of aromatic nitrogens is 1. The van der Waals surface area contributed by atoms with E-state index in [1.807, 2.05) is 38.1 Å². The number of hydrogen-bond donors (Lipinski definition) is 1. The fourth-order valence-corrected chi connectivity index (χ4v) is 2.44. The first kappa shape index (κ1) is 15.5. The molecule has 0 aliphatic carbocycles. The molecule has 2 aromatic rings. The van der Waals surface area contributed by atoms with Crippen LogP contribution >= 0.6 is 31.9 Å². The number of rotatable bonds is 4. The summed E-state index contributed by atoms with van der Waals surface area (Å²) in [7, 11) is 0. The molecule has 0 radical (unpaired) electrons. The smallest absolute Gasteiger partial charge is 0.138 e. The fourth-order valence-electron chi connectivity index (χ4n) is 1.80. The maximum atomic E-state index is 10.4. The van der Waals surface area contributed by atoms with Crippen molar-refractivity contribution in [2.75, 3.05) is 0 Å². The van der Waals surface area contributed by atoms with Crippen LogP contribution in [0.4, 0.5) is 0 Å². The molecule has 0 spiro atoms. The molecule has 106 valence electrons. The largest absolute Gasteiger partial charge is 0.489 e. The van der Waals surface area contributed by atoms with Crippen LogP contribution in [-0.4, -0.2) is 16.2 Å². The van der Waals surface area contributed by atoms with E-state index in [1.165, 1.54) is 0 Å². The Morgan fingerprint density at radius 3 is 2.45 bits per heavy atom. The molecule has 2 rings (SSSR count). The third-order valence-electron chi connectivity index (χ3n) is 2.68. The van der Waals surface area contributed by atoms with Crippen molar-refractivity contribution < 1.29 is 9.84 Å². The second kappa shape index (κ2) is 6.70. The van der Waals surface area contributed by atoms with Gasteiger partial charge in [-0.25, -0.2) is 0 Å². The number of hydrogen-bond acceptors (Lipinski definition) is 3. The van der Waals surface area contributed by atoms with Crippen LogP contribution in [0.15, 0.2) is 45.6 Å². The van der Waals surface area contributed by atoms with Gasteiger partial charge in [-0.2, -0.15) is 0 Å². The van der Waals surface area contributed by atoms with Gasteiger partial charge in [0.25, 0.3) is 0 Å². The third kappa shape index (κ3) is 3.81. The van der Waals surface area contributed by atoms with Crippen molar-refractivity contribution in [2.45, 2.75) is 26.1 Å². The van der Waals surface area contributed by atoms with Gasteiger partial charge in [-0.1, -0.05) is 6.07 Å². The Morgan fingerprint density at radius 2 is 1.80 bits per heavy atom. The average molecular weight is 401 g/mol. The van der Waals surface area contributed by atoms with Crippen LogP contribution in [0.3, 0.4) is 0 Å². The van der Waals surface area contributed by atoms with Crippen LogP contribution in [-0.2, 0) is 0 Å². The first-order valence-corrected chi connectivity index (χ1v) is 7.80. The summed E-state index contributed by atoms with van der Waals surface area (Å²) in [6.45, 7) is 3.91. The van der Waals surface area contributed by atoms with E-state index in [9.17, 15) is 5.11 Å². The van der Waals surface area contributed by atoms with E-state index >= 15 is 0 Å². The molecular formula is C15H15Br2NO2. The van der Waals surface area contributed by atoms with Gasteiger partial charge in [0.1, 0.15) is 11.9 Å². The molecule has 1 aromatic carbocycles. The number of nitrogens with zero attached hydrogens (tertiary/aromatic N) is 1. The van der Waals surface area contributed by atoms with E-state index in [-0.39, 0.29) is 6.10 Å². The Bertz CT molecular complexity index is 602. The number of ether oxygens (including phenoxy) is 1. The lowest BCUT2D eigenvalue weighted by molar-refractivity contribution is 0.215. The molecule has 1 atom stereocenters. The zero-order chi connectivity index (χ0) is 14.7. The SMILES string of the molecule is CC(C)Oc1cncc(C(O)c2ccc(Br)c(Br)c2)c1. The number of benzene rings is 1. The van der Waals surface area contributed by atoms with Gasteiger partial charge in [0, 0.05) is 20.7 Å². The topological polar surface area (TPSA) is 42.4 Å². The second-order valence-corrected chi connectivity index (χ2v) is 6.41. The summed E-state index contributed by atoms with van der Waals surface area (Å²) < 4.78 is 7.44. The highest BCUT2D eigenvalue weighted by Crippen LogP contribution is 2.30. The molecule has 0 saturated carbocycles. The van der Waals surface area contributed by atoms with Gasteiger partial charge in [-0.05, 0) is 69.5 Å². The van der Waals surface area contributed by atoms with Crippen molar-refractivity contribution in [1.82, 2.24) is 4.98 Å². The van der Waals surface area contributed by atoms with Crippen LogP contribution in [0.2, 0.25) is 0 Å². The van der Waals surface area contributed by atoms with Crippen LogP contribution in [0.1, 0.15) is 31.1 Å². The summed E-state index contributed by atoms with van der Waals surface area (Å²) in [6.07, 6.45) is 2.63. The Labute approximate surface area is 135 Å². The van der Waals surface area contributed by atoms with Crippen molar-refractivity contribution in [3.8, 4) is 5.75 Å². The Hall–Kier alpha value is -0.910. The standard InChI is InChI=1S/C15H15Br2NO2/c1-9(2)20-12-5-11(7-18-8-12)15(19)10-3-4-13(16)14(17)6-10/h3-9,15,19H,1-2H3. The predicted molar refractivity (Wildman–Crippen MR) is 85.9 cm³/mol. The Morgan fingerprint density at radius 1 is 1.05 bits per heavy atom. The summed E-state index contributed by atoms with van der Waals surface area (Å²) in [6, 6.07) is 7.46. The van der Waals surface area contributed by atoms with Gasteiger partial charge in [-0.3, -0.25) is 4.98 Å². The molecular weight excluding hydrogens is 386 g/mol. The molecule has 0 bridgehead atoms. The highest BCUT2D eigenvalue weighted by molar-refractivity contribution is 9.13. The number of halogens is 2. The second-order valence-electron chi connectivity index (χ2n) is 4.70. The number of aliphatic hydroxyl groups excluding tert-OH is 1. The van der Waals surface area contributed by atoms with Crippen LogP contribution in [0.5, 0.6) is 5.75 Å². The van der Waals surface area contributed by atoms with Gasteiger partial charge >= 0.3 is 0 Å². The maximum absolute atomic E-state index is 10.4. The van der Waals surface area contributed by atoms with Crippen molar-refractivity contribution in [3.05, 3.63) is 56.7 Å². The molecule has 1 aromatic heterocycles. The van der Waals surface area contributed by atoms with Crippen LogP contribution in [0.25, 0.3) is 0 Å². The normalized spacial score (nSPS) is 12.5. The summed E-state index contributed by atoms with van der Waals surface area (Å²) in [5, 5.41) is 10.4. The molecule has 1 N–H and O–H groups in total. The van der Waals surface area contributed by atoms with Gasteiger partial charge in [0.15, 0.2) is 0 Å². The minimum absolute atomic E-state index is 0.0750. The van der Waals surface area contributed by atoms with Crippen molar-refractivity contribution in [2.24, 2.45) is 0 Å². The van der Waals surface area contributed by atoms with Gasteiger partial charge < -0.3 is 9.84 Å². The van der Waals surface area contributed by atoms with E-state index in [1.54, 1.807) is 12.4 Å². The highest BCUT2D eigenvalue weighted by Gasteiger charge is 2.13. The van der Waals surface area contributed by atoms with E-state index in [2.05, 4.69) is 36.8 Å². The monoisotopic (exact) mass is 399 g/mol. The quantitative estimate of drug-likeness (QED) is 0.822. The lowest BCUT2D eigenvalue weighted by atomic mass is 10.0. The molecule has 1 heterocycles. The molecule has 0 amide bonds. The molecule has 20 heavy (non-hydrogen) atoms. The molecule has 3 nitrogen and oxygen atoms in total.